The molecule has 3 amide bonds. The summed E-state index contributed by atoms with van der Waals surface area (Å²) in [7, 11) is 2.06. The van der Waals surface area contributed by atoms with E-state index in [9.17, 15) is 24.3 Å². The van der Waals surface area contributed by atoms with Crippen molar-refractivity contribution in [2.75, 3.05) is 54.4 Å². The molecule has 3 aromatic heterocycles. The molecule has 6 heterocycles. The van der Waals surface area contributed by atoms with Gasteiger partial charge >= 0.3 is 5.97 Å². The summed E-state index contributed by atoms with van der Waals surface area (Å²) in [4.78, 5) is 71.9. The number of hydrogen-bond acceptors (Lipinski definition) is 12. The molecule has 3 N–H and O–H groups in total. The van der Waals surface area contributed by atoms with E-state index in [-0.39, 0.29) is 35.4 Å². The van der Waals surface area contributed by atoms with Crippen LogP contribution in [0.1, 0.15) is 100 Å². The molecule has 3 fully saturated rings. The van der Waals surface area contributed by atoms with Crippen LogP contribution < -0.4 is 25.2 Å². The van der Waals surface area contributed by atoms with Gasteiger partial charge in [-0.3, -0.25) is 29.9 Å². The van der Waals surface area contributed by atoms with Crippen LogP contribution in [0.2, 0.25) is 0 Å². The van der Waals surface area contributed by atoms with Crippen molar-refractivity contribution in [2.45, 2.75) is 83.3 Å². The van der Waals surface area contributed by atoms with E-state index in [4.69, 9.17) is 14.7 Å². The largest absolute Gasteiger partial charge is 0.490 e. The van der Waals surface area contributed by atoms with Crippen LogP contribution in [0.5, 0.6) is 5.75 Å². The topological polar surface area (TPSA) is 175 Å². The first-order valence-electron chi connectivity index (χ1n) is 25.3. The zero-order valence-corrected chi connectivity index (χ0v) is 41.5. The number of aromatic nitrogens is 4. The number of amides is 3. The lowest BCUT2D eigenvalue weighted by Crippen LogP contribution is -2.47. The molecular formula is C56H59N9O6S. The maximum atomic E-state index is 13.6. The van der Waals surface area contributed by atoms with E-state index in [2.05, 4.69) is 37.0 Å². The van der Waals surface area contributed by atoms with Gasteiger partial charge in [0, 0.05) is 63.9 Å². The lowest BCUT2D eigenvalue weighted by atomic mass is 9.84. The van der Waals surface area contributed by atoms with Crippen molar-refractivity contribution in [3.05, 3.63) is 125 Å². The van der Waals surface area contributed by atoms with Gasteiger partial charge in [0.05, 0.1) is 33.3 Å². The van der Waals surface area contributed by atoms with E-state index in [0.717, 1.165) is 119 Å². The van der Waals surface area contributed by atoms with Crippen molar-refractivity contribution in [3.8, 4) is 16.9 Å². The predicted octanol–water partition coefficient (Wildman–Crippen LogP) is 9.13. The number of para-hydroxylation sites is 1. The summed E-state index contributed by atoms with van der Waals surface area (Å²) >= 11 is 1.44. The molecular weight excluding hydrogens is 927 g/mol. The minimum absolute atomic E-state index is 0.0135. The highest BCUT2D eigenvalue weighted by atomic mass is 32.1. The quantitative estimate of drug-likeness (QED) is 0.0937. The van der Waals surface area contributed by atoms with Crippen LogP contribution >= 0.6 is 11.3 Å². The van der Waals surface area contributed by atoms with Crippen LogP contribution in [-0.2, 0) is 29.6 Å². The van der Waals surface area contributed by atoms with Gasteiger partial charge in [-0.05, 0) is 153 Å². The first-order chi connectivity index (χ1) is 35.0. The third-order valence-corrected chi connectivity index (χ3v) is 16.2. The van der Waals surface area contributed by atoms with Crippen LogP contribution in [0.3, 0.4) is 0 Å². The fraction of sp³-hybridized carbons (Fsp3) is 0.375. The van der Waals surface area contributed by atoms with Crippen LogP contribution in [0, 0.1) is 12.8 Å². The van der Waals surface area contributed by atoms with Gasteiger partial charge in [0.25, 0.3) is 5.91 Å². The molecule has 0 radical (unpaired) electrons. The number of ether oxygens (including phenoxy) is 1. The third-order valence-electron chi connectivity index (χ3n) is 15.3. The van der Waals surface area contributed by atoms with Crippen molar-refractivity contribution >= 4 is 73.2 Å². The highest BCUT2D eigenvalue weighted by Gasteiger charge is 2.30. The van der Waals surface area contributed by atoms with Gasteiger partial charge in [0.1, 0.15) is 11.6 Å². The predicted molar refractivity (Wildman–Crippen MR) is 280 cm³/mol. The monoisotopic (exact) mass is 985 g/mol. The van der Waals surface area contributed by atoms with E-state index in [0.29, 0.717) is 60.3 Å². The number of nitrogens with one attached hydrogen (secondary N) is 2. The van der Waals surface area contributed by atoms with Gasteiger partial charge in [-0.2, -0.15) is 0 Å². The number of aromatic carboxylic acids is 1. The molecule has 11 rings (SSSR count). The van der Waals surface area contributed by atoms with E-state index in [1.54, 1.807) is 0 Å². The summed E-state index contributed by atoms with van der Waals surface area (Å²) in [5.41, 5.74) is 8.47. The van der Waals surface area contributed by atoms with Crippen LogP contribution in [-0.4, -0.2) is 98.6 Å². The summed E-state index contributed by atoms with van der Waals surface area (Å²) in [5.74, 6) is 0.923. The van der Waals surface area contributed by atoms with Crippen molar-refractivity contribution in [3.63, 3.8) is 0 Å². The van der Waals surface area contributed by atoms with Crippen molar-refractivity contribution < 1.29 is 29.0 Å². The van der Waals surface area contributed by atoms with Crippen LogP contribution in [0.4, 0.5) is 16.9 Å². The summed E-state index contributed by atoms with van der Waals surface area (Å²) in [6.07, 6.45) is 8.45. The smallest absolute Gasteiger partial charge is 0.355 e. The lowest BCUT2D eigenvalue weighted by molar-refractivity contribution is -0.134. The Bertz CT molecular complexity index is 3190. The number of nitrogens with zero attached hydrogens (tertiary/aromatic N) is 7. The number of thiazole rings is 1. The average Bonchev–Trinajstić information content (AvgIpc) is 3.96. The number of piperazine rings is 1. The number of hydrogen-bond donors (Lipinski definition) is 3. The number of imidazole rings is 1. The lowest BCUT2D eigenvalue weighted by Gasteiger charge is -2.35. The van der Waals surface area contributed by atoms with E-state index >= 15 is 0 Å². The maximum Gasteiger partial charge on any atom is 0.355 e. The molecule has 7 aromatic rings. The van der Waals surface area contributed by atoms with Gasteiger partial charge in [-0.15, -0.1) is 0 Å². The van der Waals surface area contributed by atoms with E-state index < -0.39 is 5.97 Å². The van der Waals surface area contributed by atoms with E-state index in [1.165, 1.54) is 24.2 Å². The molecule has 16 heteroatoms. The number of aryl methyl sites for hydroxylation is 2. The molecule has 0 spiro atoms. The Morgan fingerprint density at radius 3 is 2.43 bits per heavy atom. The van der Waals surface area contributed by atoms with Gasteiger partial charge in [-0.1, -0.05) is 47.7 Å². The molecule has 3 aliphatic heterocycles. The molecule has 1 aliphatic carbocycles. The van der Waals surface area contributed by atoms with Crippen LogP contribution in [0.25, 0.3) is 32.4 Å². The number of imide groups is 1. The number of carboxylic acids is 1. The number of pyridine rings is 1. The Morgan fingerprint density at radius 2 is 1.64 bits per heavy atom. The minimum Gasteiger partial charge on any atom is -0.490 e. The summed E-state index contributed by atoms with van der Waals surface area (Å²) in [6.45, 7) is 7.96. The second kappa shape index (κ2) is 20.1. The Labute approximate surface area is 422 Å². The molecule has 4 aliphatic rings. The zero-order chi connectivity index (χ0) is 49.5. The number of carbonyl (C=O) groups excluding carboxylic acids is 3. The number of fused-ring (bicyclic) bond motifs is 3. The molecule has 4 aromatic carbocycles. The Morgan fingerprint density at radius 1 is 0.819 bits per heavy atom. The standard InChI is InChI=1S/C56H59N9O6S/c1-34-31-39(71-38-15-12-35(13-16-38)7-6-25-63-27-29-64(30-28-63)56-58-46-32-37(14-21-47(46)62(56)2)41-20-23-50(66)60-52(41)67)17-18-40(34)42-19-22-49(59-51(42)54(69)70)65-26-24-36-8-5-9-43(44(36)33-65)53(68)61-55-57-45-10-3-4-11-48(45)72-55/h3-5,8-11,14,17-19,21-22,31-32,35,38,41H,6-7,12-13,15-16,20,23-30,33H2,1-2H3,(H,69,70)(H,57,61,68)(H,60,66,67). The number of carbonyl (C=O) groups is 4. The number of rotatable bonds is 13. The van der Waals surface area contributed by atoms with Crippen molar-refractivity contribution in [1.82, 2.24) is 29.7 Å². The number of benzene rings is 4. The Balaban J connectivity index is 0.649. The van der Waals surface area contributed by atoms with Gasteiger partial charge < -0.3 is 24.2 Å². The number of piperidine rings is 1. The van der Waals surface area contributed by atoms with Crippen molar-refractivity contribution in [2.24, 2.45) is 13.0 Å². The second-order valence-corrected chi connectivity index (χ2v) is 20.9. The average molecular weight is 986 g/mol. The fourth-order valence-electron chi connectivity index (χ4n) is 11.3. The first-order valence-corrected chi connectivity index (χ1v) is 26.1. The summed E-state index contributed by atoms with van der Waals surface area (Å²) in [5, 5.41) is 16.5. The summed E-state index contributed by atoms with van der Waals surface area (Å²) in [6, 6.07) is 29.3. The molecule has 2 saturated heterocycles. The molecule has 1 unspecified atom stereocenters. The number of carboxylic acid groups (broad SMARTS) is 1. The van der Waals surface area contributed by atoms with Crippen molar-refractivity contribution in [1.29, 1.82) is 0 Å². The fourth-order valence-corrected chi connectivity index (χ4v) is 12.2. The highest BCUT2D eigenvalue weighted by Crippen LogP contribution is 2.36. The Hall–Kier alpha value is -7.17. The van der Waals surface area contributed by atoms with Crippen LogP contribution in [0.15, 0.2) is 91.0 Å². The molecule has 15 nitrogen and oxygen atoms in total. The van der Waals surface area contributed by atoms with E-state index in [1.807, 2.05) is 103 Å². The second-order valence-electron chi connectivity index (χ2n) is 19.9. The van der Waals surface area contributed by atoms with Gasteiger partial charge in [0.2, 0.25) is 17.8 Å². The highest BCUT2D eigenvalue weighted by molar-refractivity contribution is 7.22. The van der Waals surface area contributed by atoms with Gasteiger partial charge in [0.15, 0.2) is 10.8 Å². The molecule has 370 valence electrons. The normalized spacial score (nSPS) is 19.6. The first kappa shape index (κ1) is 47.2. The van der Waals surface area contributed by atoms with Gasteiger partial charge in [-0.25, -0.2) is 19.7 Å². The third kappa shape index (κ3) is 9.77. The summed E-state index contributed by atoms with van der Waals surface area (Å²) < 4.78 is 9.70. The molecule has 1 atom stereocenters. The number of anilines is 3. The molecule has 72 heavy (non-hydrogen) atoms. The molecule has 0 bridgehead atoms. The zero-order valence-electron chi connectivity index (χ0n) is 40.7. The SMILES string of the molecule is Cc1cc(OC2CCC(CCCN3CCN(c4nc5cc(C6CCC(=O)NC6=O)ccc5n4C)CC3)CC2)ccc1-c1ccc(N2CCc3cccc(C(=O)Nc4nc5ccccc5s4)c3C2)nc1C(=O)O. The minimum atomic E-state index is -1.10. The Kier molecular flexibility index (Phi) is 13.2. The maximum absolute atomic E-state index is 13.6. The molecule has 1 saturated carbocycles.